The summed E-state index contributed by atoms with van der Waals surface area (Å²) in [5.41, 5.74) is 0.424. The largest absolute Gasteiger partial charge is 0.460 e. The van der Waals surface area contributed by atoms with Crippen LogP contribution < -0.4 is 0 Å². The highest BCUT2D eigenvalue weighted by Gasteiger charge is 2.64. The fourth-order valence-electron chi connectivity index (χ4n) is 9.28. The minimum atomic E-state index is -0.100. The van der Waals surface area contributed by atoms with Gasteiger partial charge in [0.2, 0.25) is 0 Å². The number of carbonyl (C=O) groups excluding carboxylic acids is 1. The summed E-state index contributed by atoms with van der Waals surface area (Å²) < 4.78 is 6.16. The number of hydrogen-bond acceptors (Lipinski definition) is 4. The van der Waals surface area contributed by atoms with Crippen LogP contribution >= 0.6 is 0 Å². The quantitative estimate of drug-likeness (QED) is 0.657. The van der Waals surface area contributed by atoms with Gasteiger partial charge in [0.05, 0.1) is 6.10 Å². The highest BCUT2D eigenvalue weighted by molar-refractivity contribution is 5.66. The second kappa shape index (κ2) is 7.76. The zero-order chi connectivity index (χ0) is 21.1. The maximum absolute atomic E-state index is 12.1. The molecule has 0 aromatic rings. The first kappa shape index (κ1) is 21.2. The average molecular weight is 418 g/mol. The van der Waals surface area contributed by atoms with Gasteiger partial charge in [0.25, 0.3) is 0 Å². The van der Waals surface area contributed by atoms with Crippen molar-refractivity contribution in [2.24, 2.45) is 34.5 Å². The fourth-order valence-corrected chi connectivity index (χ4v) is 9.28. The molecule has 4 heteroatoms. The standard InChI is InChI=1S/C26H43NO3/c1-17(28)30-24-23(27-13-5-4-6-14-27)15-22-20-10-8-18-7-9-19(29)16-26(18,3)21(20)11-12-25(22,24)2/h18-24,29H,4-16H2,1-3H3/t18-,19-,20-,21+,22+,23+,24+,25+,26+/m1/s1. The van der Waals surface area contributed by atoms with Crippen LogP contribution in [0.2, 0.25) is 0 Å². The molecular weight excluding hydrogens is 374 g/mol. The van der Waals surface area contributed by atoms with Crippen molar-refractivity contribution in [1.82, 2.24) is 4.90 Å². The summed E-state index contributed by atoms with van der Waals surface area (Å²) in [4.78, 5) is 14.8. The predicted octanol–water partition coefficient (Wildman–Crippen LogP) is 4.79. The van der Waals surface area contributed by atoms with Crippen LogP contribution in [-0.4, -0.2) is 47.3 Å². The highest BCUT2D eigenvalue weighted by atomic mass is 16.5. The van der Waals surface area contributed by atoms with E-state index in [0.717, 1.165) is 30.6 Å². The molecule has 9 atom stereocenters. The maximum Gasteiger partial charge on any atom is 0.302 e. The number of likely N-dealkylation sites (tertiary alicyclic amines) is 1. The molecule has 1 saturated heterocycles. The number of rotatable bonds is 2. The zero-order valence-corrected chi connectivity index (χ0v) is 19.4. The Labute approximate surface area is 183 Å². The molecule has 0 aromatic heterocycles. The predicted molar refractivity (Wildman–Crippen MR) is 118 cm³/mol. The van der Waals surface area contributed by atoms with Gasteiger partial charge in [-0.25, -0.2) is 0 Å². The third kappa shape index (κ3) is 3.27. The van der Waals surface area contributed by atoms with Gasteiger partial charge in [0, 0.05) is 18.4 Å². The van der Waals surface area contributed by atoms with Crippen molar-refractivity contribution in [3.8, 4) is 0 Å². The van der Waals surface area contributed by atoms with Crippen LogP contribution in [0, 0.1) is 34.5 Å². The molecule has 4 nitrogen and oxygen atoms in total. The molecule has 0 bridgehead atoms. The Balaban J connectivity index is 1.44. The molecule has 0 radical (unpaired) electrons. The number of piperidine rings is 1. The van der Waals surface area contributed by atoms with E-state index in [1.54, 1.807) is 6.92 Å². The number of nitrogens with zero attached hydrogens (tertiary/aromatic N) is 1. The van der Waals surface area contributed by atoms with Crippen LogP contribution in [0.5, 0.6) is 0 Å². The van der Waals surface area contributed by atoms with Gasteiger partial charge in [0.1, 0.15) is 6.10 Å². The molecule has 1 aliphatic heterocycles. The van der Waals surface area contributed by atoms with Gasteiger partial charge in [0.15, 0.2) is 0 Å². The van der Waals surface area contributed by atoms with Gasteiger partial charge in [-0.1, -0.05) is 20.3 Å². The van der Waals surface area contributed by atoms with Gasteiger partial charge >= 0.3 is 5.97 Å². The molecule has 4 saturated carbocycles. The van der Waals surface area contributed by atoms with Crippen LogP contribution in [0.3, 0.4) is 0 Å². The summed E-state index contributed by atoms with van der Waals surface area (Å²) >= 11 is 0. The van der Waals surface area contributed by atoms with E-state index in [0.29, 0.717) is 17.4 Å². The summed E-state index contributed by atoms with van der Waals surface area (Å²) in [5.74, 6) is 2.84. The lowest BCUT2D eigenvalue weighted by Gasteiger charge is -2.60. The minimum absolute atomic E-state index is 0.0570. The van der Waals surface area contributed by atoms with Crippen LogP contribution in [-0.2, 0) is 9.53 Å². The van der Waals surface area contributed by atoms with Gasteiger partial charge in [-0.2, -0.15) is 0 Å². The molecule has 0 unspecified atom stereocenters. The molecule has 0 spiro atoms. The highest BCUT2D eigenvalue weighted by Crippen LogP contribution is 2.67. The molecule has 5 rings (SSSR count). The van der Waals surface area contributed by atoms with Crippen LogP contribution in [0.4, 0.5) is 0 Å². The second-order valence-electron chi connectivity index (χ2n) is 12.1. The first-order valence-corrected chi connectivity index (χ1v) is 12.9. The van der Waals surface area contributed by atoms with Crippen molar-refractivity contribution in [3.63, 3.8) is 0 Å². The van der Waals surface area contributed by atoms with Gasteiger partial charge in [-0.3, -0.25) is 9.69 Å². The Kier molecular flexibility index (Phi) is 5.50. The van der Waals surface area contributed by atoms with Gasteiger partial charge in [-0.15, -0.1) is 0 Å². The number of carbonyl (C=O) groups is 1. The summed E-state index contributed by atoms with van der Waals surface area (Å²) in [7, 11) is 0. The first-order chi connectivity index (χ1) is 14.3. The fraction of sp³-hybridized carbons (Fsp3) is 0.962. The number of esters is 1. The average Bonchev–Trinajstić information content (AvgIpc) is 3.00. The first-order valence-electron chi connectivity index (χ1n) is 12.9. The topological polar surface area (TPSA) is 49.8 Å². The Morgan fingerprint density at radius 2 is 1.70 bits per heavy atom. The van der Waals surface area contributed by atoms with E-state index in [2.05, 4.69) is 18.7 Å². The molecule has 5 aliphatic rings. The van der Waals surface area contributed by atoms with Gasteiger partial charge in [-0.05, 0) is 106 Å². The lowest BCUT2D eigenvalue weighted by molar-refractivity contribution is -0.167. The molecule has 0 aromatic carbocycles. The Hall–Kier alpha value is -0.610. The van der Waals surface area contributed by atoms with E-state index >= 15 is 0 Å². The summed E-state index contributed by atoms with van der Waals surface area (Å²) in [6, 6.07) is 0.408. The molecule has 0 amide bonds. The molecule has 1 heterocycles. The van der Waals surface area contributed by atoms with E-state index in [9.17, 15) is 9.90 Å². The van der Waals surface area contributed by atoms with E-state index in [4.69, 9.17) is 4.74 Å². The zero-order valence-electron chi connectivity index (χ0n) is 19.4. The van der Waals surface area contributed by atoms with Crippen molar-refractivity contribution in [3.05, 3.63) is 0 Å². The van der Waals surface area contributed by atoms with Crippen molar-refractivity contribution >= 4 is 5.97 Å². The summed E-state index contributed by atoms with van der Waals surface area (Å²) in [5, 5.41) is 10.5. The SMILES string of the molecule is CC(=O)O[C@H]1[C@@H](N2CCCCC2)C[C@H]2[C@@H]3CC[C@H]4CC[C@@H](O)C[C@]4(C)[C@H]3CC[C@@]21C. The summed E-state index contributed by atoms with van der Waals surface area (Å²) in [6.45, 7) is 8.91. The molecule has 4 aliphatic carbocycles. The molecule has 1 N–H and O–H groups in total. The van der Waals surface area contributed by atoms with Gasteiger partial charge < -0.3 is 9.84 Å². The monoisotopic (exact) mass is 417 g/mol. The van der Waals surface area contributed by atoms with Crippen molar-refractivity contribution in [1.29, 1.82) is 0 Å². The van der Waals surface area contributed by atoms with Crippen molar-refractivity contribution in [2.75, 3.05) is 13.1 Å². The molecular formula is C26H43NO3. The van der Waals surface area contributed by atoms with Crippen LogP contribution in [0.25, 0.3) is 0 Å². The lowest BCUT2D eigenvalue weighted by Crippen LogP contribution is -2.55. The number of ether oxygens (including phenoxy) is 1. The molecule has 30 heavy (non-hydrogen) atoms. The molecule has 170 valence electrons. The minimum Gasteiger partial charge on any atom is -0.460 e. The summed E-state index contributed by atoms with van der Waals surface area (Å²) in [6.07, 6.45) is 13.4. The Morgan fingerprint density at radius 3 is 2.43 bits per heavy atom. The number of aliphatic hydroxyl groups excluding tert-OH is 1. The Bertz CT molecular complexity index is 661. The lowest BCUT2D eigenvalue weighted by atomic mass is 9.45. The van der Waals surface area contributed by atoms with E-state index in [1.165, 1.54) is 70.9 Å². The maximum atomic E-state index is 12.1. The third-order valence-corrected chi connectivity index (χ3v) is 10.7. The van der Waals surface area contributed by atoms with E-state index < -0.39 is 0 Å². The second-order valence-corrected chi connectivity index (χ2v) is 12.1. The third-order valence-electron chi connectivity index (χ3n) is 10.7. The van der Waals surface area contributed by atoms with Crippen molar-refractivity contribution in [2.45, 2.75) is 110 Å². The Morgan fingerprint density at radius 1 is 0.967 bits per heavy atom. The van der Waals surface area contributed by atoms with Crippen molar-refractivity contribution < 1.29 is 14.6 Å². The normalized spacial score (nSPS) is 51.5. The number of aliphatic hydroxyl groups is 1. The van der Waals surface area contributed by atoms with E-state index in [1.807, 2.05) is 0 Å². The number of fused-ring (bicyclic) bond motifs is 5. The smallest absolute Gasteiger partial charge is 0.302 e. The number of hydrogen-bond donors (Lipinski definition) is 1. The molecule has 5 fully saturated rings. The van der Waals surface area contributed by atoms with Crippen LogP contribution in [0.15, 0.2) is 0 Å². The van der Waals surface area contributed by atoms with Crippen LogP contribution in [0.1, 0.15) is 91.4 Å². The van der Waals surface area contributed by atoms with E-state index in [-0.39, 0.29) is 23.6 Å².